The molecule has 0 aliphatic heterocycles. The van der Waals surface area contributed by atoms with Crippen molar-refractivity contribution in [3.63, 3.8) is 0 Å². The zero-order valence-electron chi connectivity index (χ0n) is 12.3. The Morgan fingerprint density at radius 2 is 2.00 bits per heavy atom. The minimum atomic E-state index is 0.118. The smallest absolute Gasteiger partial charge is 0.122 e. The molecule has 0 heterocycles. The molecule has 3 heteroatoms. The molecule has 0 atom stereocenters. The van der Waals surface area contributed by atoms with Crippen molar-refractivity contribution in [2.75, 3.05) is 27.4 Å². The molecular weight excluding hydrogens is 224 g/mol. The van der Waals surface area contributed by atoms with E-state index >= 15 is 0 Å². The maximum atomic E-state index is 5.38. The van der Waals surface area contributed by atoms with Crippen LogP contribution in [-0.2, 0) is 11.8 Å². The molecule has 0 saturated carbocycles. The van der Waals surface area contributed by atoms with Crippen LogP contribution < -0.4 is 15.4 Å². The van der Waals surface area contributed by atoms with Gasteiger partial charge in [0.15, 0.2) is 0 Å². The fraction of sp³-hybridized carbons (Fsp3) is 0.600. The van der Waals surface area contributed by atoms with Gasteiger partial charge in [-0.25, -0.2) is 0 Å². The van der Waals surface area contributed by atoms with E-state index in [1.807, 2.05) is 7.05 Å². The van der Waals surface area contributed by atoms with Crippen LogP contribution in [0.25, 0.3) is 0 Å². The zero-order chi connectivity index (χ0) is 13.6. The highest BCUT2D eigenvalue weighted by atomic mass is 16.5. The Morgan fingerprint density at radius 3 is 2.56 bits per heavy atom. The lowest BCUT2D eigenvalue weighted by molar-refractivity contribution is 0.408. The number of benzene rings is 1. The summed E-state index contributed by atoms with van der Waals surface area (Å²) in [6.45, 7) is 8.46. The Balaban J connectivity index is 2.87. The largest absolute Gasteiger partial charge is 0.496 e. The van der Waals surface area contributed by atoms with Gasteiger partial charge in [-0.3, -0.25) is 0 Å². The number of hydrogen-bond donors (Lipinski definition) is 2. The first kappa shape index (κ1) is 15.0. The van der Waals surface area contributed by atoms with Crippen LogP contribution in [0.4, 0.5) is 0 Å². The molecule has 1 rings (SSSR count). The van der Waals surface area contributed by atoms with Gasteiger partial charge in [0.25, 0.3) is 0 Å². The first-order valence-corrected chi connectivity index (χ1v) is 6.58. The number of ether oxygens (including phenoxy) is 1. The predicted octanol–water partition coefficient (Wildman–Crippen LogP) is 2.30. The molecular formula is C15H26N2O. The topological polar surface area (TPSA) is 33.3 Å². The molecule has 0 unspecified atom stereocenters. The van der Waals surface area contributed by atoms with E-state index in [1.165, 1.54) is 11.1 Å². The maximum absolute atomic E-state index is 5.38. The van der Waals surface area contributed by atoms with Crippen molar-refractivity contribution in [2.24, 2.45) is 0 Å². The molecule has 3 nitrogen and oxygen atoms in total. The lowest BCUT2D eigenvalue weighted by Gasteiger charge is -2.27. The van der Waals surface area contributed by atoms with Crippen molar-refractivity contribution in [1.29, 1.82) is 0 Å². The lowest BCUT2D eigenvalue weighted by atomic mass is 9.83. The highest BCUT2D eigenvalue weighted by Gasteiger charge is 2.21. The van der Waals surface area contributed by atoms with Crippen molar-refractivity contribution < 1.29 is 4.74 Å². The van der Waals surface area contributed by atoms with E-state index in [9.17, 15) is 0 Å². The minimum absolute atomic E-state index is 0.118. The molecule has 0 fully saturated rings. The molecule has 0 aromatic heterocycles. The summed E-state index contributed by atoms with van der Waals surface area (Å²) in [5.41, 5.74) is 2.74. The highest BCUT2D eigenvalue weighted by Crippen LogP contribution is 2.28. The molecule has 0 aliphatic carbocycles. The number of hydrogen-bond acceptors (Lipinski definition) is 3. The molecule has 0 radical (unpaired) electrons. The average molecular weight is 250 g/mol. The van der Waals surface area contributed by atoms with E-state index < -0.39 is 0 Å². The third-order valence-corrected chi connectivity index (χ3v) is 3.31. The molecule has 0 saturated heterocycles. The third kappa shape index (κ3) is 3.72. The van der Waals surface area contributed by atoms with Crippen molar-refractivity contribution in [3.8, 4) is 5.75 Å². The van der Waals surface area contributed by atoms with Gasteiger partial charge in [0, 0.05) is 18.6 Å². The second kappa shape index (κ2) is 6.76. The quantitative estimate of drug-likeness (QED) is 0.575. The molecule has 0 aliphatic rings. The van der Waals surface area contributed by atoms with Gasteiger partial charge in [-0.05, 0) is 30.7 Å². The molecule has 1 aromatic rings. The van der Waals surface area contributed by atoms with Crippen LogP contribution in [0.5, 0.6) is 5.75 Å². The third-order valence-electron chi connectivity index (χ3n) is 3.31. The van der Waals surface area contributed by atoms with Gasteiger partial charge in [-0.15, -0.1) is 0 Å². The summed E-state index contributed by atoms with van der Waals surface area (Å²) in [5.74, 6) is 0.986. The Bertz CT molecular complexity index is 375. The zero-order valence-corrected chi connectivity index (χ0v) is 12.3. The van der Waals surface area contributed by atoms with Crippen LogP contribution in [0.15, 0.2) is 18.2 Å². The lowest BCUT2D eigenvalue weighted by Crippen LogP contribution is -2.37. The highest BCUT2D eigenvalue weighted by molar-refractivity contribution is 5.40. The fourth-order valence-electron chi connectivity index (χ4n) is 2.08. The number of aryl methyl sites for hydroxylation is 1. The Labute approximate surface area is 111 Å². The average Bonchev–Trinajstić information content (AvgIpc) is 2.38. The first-order chi connectivity index (χ1) is 8.55. The number of rotatable bonds is 7. The number of methoxy groups -OCH3 is 1. The molecule has 0 spiro atoms. The second-order valence-corrected chi connectivity index (χ2v) is 5.22. The van der Waals surface area contributed by atoms with Crippen molar-refractivity contribution >= 4 is 0 Å². The molecule has 2 N–H and O–H groups in total. The van der Waals surface area contributed by atoms with E-state index in [4.69, 9.17) is 4.74 Å². The van der Waals surface area contributed by atoms with E-state index in [2.05, 4.69) is 49.6 Å². The second-order valence-electron chi connectivity index (χ2n) is 5.22. The summed E-state index contributed by atoms with van der Waals surface area (Å²) in [6, 6.07) is 6.51. The van der Waals surface area contributed by atoms with Gasteiger partial charge in [-0.2, -0.15) is 0 Å². The molecule has 0 amide bonds. The van der Waals surface area contributed by atoms with Crippen LogP contribution in [0.3, 0.4) is 0 Å². The predicted molar refractivity (Wildman–Crippen MR) is 77.3 cm³/mol. The number of nitrogens with one attached hydrogen (secondary N) is 2. The van der Waals surface area contributed by atoms with Crippen LogP contribution >= 0.6 is 0 Å². The molecule has 0 bridgehead atoms. The van der Waals surface area contributed by atoms with Crippen LogP contribution in [0.1, 0.15) is 31.9 Å². The molecule has 102 valence electrons. The molecule has 1 aromatic carbocycles. The van der Waals surface area contributed by atoms with Gasteiger partial charge in [-0.1, -0.05) is 32.9 Å². The Kier molecular flexibility index (Phi) is 5.63. The van der Waals surface area contributed by atoms with Crippen LogP contribution in [0, 0.1) is 0 Å². The van der Waals surface area contributed by atoms with Gasteiger partial charge in [0.05, 0.1) is 7.11 Å². The summed E-state index contributed by atoms with van der Waals surface area (Å²) in [4.78, 5) is 0. The van der Waals surface area contributed by atoms with Gasteiger partial charge in [0.1, 0.15) is 5.75 Å². The monoisotopic (exact) mass is 250 g/mol. The molecule has 18 heavy (non-hydrogen) atoms. The fourth-order valence-corrected chi connectivity index (χ4v) is 2.08. The van der Waals surface area contributed by atoms with E-state index in [-0.39, 0.29) is 5.41 Å². The first-order valence-electron chi connectivity index (χ1n) is 6.58. The summed E-state index contributed by atoms with van der Waals surface area (Å²) < 4.78 is 5.38. The van der Waals surface area contributed by atoms with E-state index in [0.29, 0.717) is 0 Å². The van der Waals surface area contributed by atoms with Crippen LogP contribution in [-0.4, -0.2) is 27.4 Å². The maximum Gasteiger partial charge on any atom is 0.122 e. The summed E-state index contributed by atoms with van der Waals surface area (Å²) in [7, 11) is 3.68. The standard InChI is InChI=1S/C15H26N2O/c1-6-12-9-13(7-8-14(12)18-5)15(2,3)10-17-11-16-4/h7-9,16-17H,6,10-11H2,1-5H3. The van der Waals surface area contributed by atoms with E-state index in [1.54, 1.807) is 7.11 Å². The Morgan fingerprint density at radius 1 is 1.28 bits per heavy atom. The van der Waals surface area contributed by atoms with Crippen molar-refractivity contribution in [3.05, 3.63) is 29.3 Å². The summed E-state index contributed by atoms with van der Waals surface area (Å²) in [6.07, 6.45) is 0.997. The minimum Gasteiger partial charge on any atom is -0.496 e. The summed E-state index contributed by atoms with van der Waals surface area (Å²) in [5, 5.41) is 6.50. The SMILES string of the molecule is CCc1cc(C(C)(C)CNCNC)ccc1OC. The Hall–Kier alpha value is -1.06. The van der Waals surface area contributed by atoms with Crippen LogP contribution in [0.2, 0.25) is 0 Å². The van der Waals surface area contributed by atoms with Gasteiger partial charge in [0.2, 0.25) is 0 Å². The van der Waals surface area contributed by atoms with E-state index in [0.717, 1.165) is 25.4 Å². The van der Waals surface area contributed by atoms with Crippen molar-refractivity contribution in [1.82, 2.24) is 10.6 Å². The normalized spacial score (nSPS) is 11.6. The van der Waals surface area contributed by atoms with Crippen molar-refractivity contribution in [2.45, 2.75) is 32.6 Å². The van der Waals surface area contributed by atoms with Gasteiger partial charge < -0.3 is 15.4 Å². The van der Waals surface area contributed by atoms with Gasteiger partial charge >= 0.3 is 0 Å². The summed E-state index contributed by atoms with van der Waals surface area (Å²) >= 11 is 0.